The fourth-order valence-electron chi connectivity index (χ4n) is 1.98. The lowest BCUT2D eigenvalue weighted by Gasteiger charge is -2.26. The fraction of sp³-hybridized carbons (Fsp3) is 0.286. The van der Waals surface area contributed by atoms with E-state index < -0.39 is 42.1 Å². The second kappa shape index (κ2) is 6.07. The van der Waals surface area contributed by atoms with Crippen molar-refractivity contribution in [3.8, 4) is 0 Å². The average molecular weight is 333 g/mol. The summed E-state index contributed by atoms with van der Waals surface area (Å²) in [6, 6.07) is 3.19. The molecule has 0 bridgehead atoms. The molecule has 23 heavy (non-hydrogen) atoms. The van der Waals surface area contributed by atoms with Crippen LogP contribution in [0.25, 0.3) is 0 Å². The molecule has 2 aromatic rings. The first-order valence-corrected chi connectivity index (χ1v) is 6.42. The number of nitrogens with zero attached hydrogens (tertiary/aromatic N) is 3. The summed E-state index contributed by atoms with van der Waals surface area (Å²) in [5.74, 6) is -1.72. The molecule has 0 aliphatic rings. The van der Waals surface area contributed by atoms with Crippen molar-refractivity contribution in [2.24, 2.45) is 0 Å². The van der Waals surface area contributed by atoms with Gasteiger partial charge in [-0.2, -0.15) is 13.2 Å². The van der Waals surface area contributed by atoms with Crippen molar-refractivity contribution in [1.29, 1.82) is 0 Å². The Labute approximate surface area is 127 Å². The van der Waals surface area contributed by atoms with Crippen LogP contribution in [0.2, 0.25) is 0 Å². The Hall–Kier alpha value is -2.29. The molecule has 0 aliphatic carbocycles. The van der Waals surface area contributed by atoms with Crippen LogP contribution in [-0.2, 0) is 12.1 Å². The van der Waals surface area contributed by atoms with E-state index in [9.17, 15) is 27.1 Å². The van der Waals surface area contributed by atoms with E-state index in [1.165, 1.54) is 0 Å². The first-order valence-electron chi connectivity index (χ1n) is 6.42. The number of halogens is 5. The van der Waals surface area contributed by atoms with Gasteiger partial charge in [-0.15, -0.1) is 11.7 Å². The number of rotatable bonds is 5. The van der Waals surface area contributed by atoms with Crippen LogP contribution in [0.4, 0.5) is 22.0 Å². The van der Waals surface area contributed by atoms with Gasteiger partial charge in [-0.25, -0.2) is 13.5 Å². The van der Waals surface area contributed by atoms with E-state index in [0.29, 0.717) is 0 Å². The van der Waals surface area contributed by atoms with Crippen molar-refractivity contribution in [1.82, 2.24) is 15.0 Å². The lowest BCUT2D eigenvalue weighted by molar-refractivity contribution is -0.266. The maximum atomic E-state index is 13.5. The Morgan fingerprint density at radius 3 is 2.35 bits per heavy atom. The van der Waals surface area contributed by atoms with Gasteiger partial charge in [-0.3, -0.25) is 0 Å². The smallest absolute Gasteiger partial charge is 0.375 e. The molecule has 1 unspecified atom stereocenters. The summed E-state index contributed by atoms with van der Waals surface area (Å²) in [5, 5.41) is 16.5. The van der Waals surface area contributed by atoms with Crippen LogP contribution in [0.1, 0.15) is 17.7 Å². The number of aliphatic hydroxyl groups is 1. The monoisotopic (exact) mass is 333 g/mol. The van der Waals surface area contributed by atoms with Gasteiger partial charge in [-0.1, -0.05) is 17.4 Å². The van der Waals surface area contributed by atoms with Crippen LogP contribution in [0.15, 0.2) is 37.1 Å². The Morgan fingerprint density at radius 1 is 1.22 bits per heavy atom. The summed E-state index contributed by atoms with van der Waals surface area (Å²) >= 11 is 0. The number of hydrogen-bond donors (Lipinski definition) is 1. The zero-order chi connectivity index (χ0) is 17.3. The normalized spacial score (nSPS) is 14.5. The first-order chi connectivity index (χ1) is 10.7. The largest absolute Gasteiger partial charge is 0.423 e. The molecule has 0 saturated carbocycles. The Kier molecular flexibility index (Phi) is 4.51. The summed E-state index contributed by atoms with van der Waals surface area (Å²) in [4.78, 5) is 0. The van der Waals surface area contributed by atoms with Gasteiger partial charge in [0, 0.05) is 12.0 Å². The average Bonchev–Trinajstić information content (AvgIpc) is 2.91. The molecular formula is C14H12F5N3O. The molecular weight excluding hydrogens is 321 g/mol. The van der Waals surface area contributed by atoms with E-state index in [4.69, 9.17) is 0 Å². The highest BCUT2D eigenvalue weighted by molar-refractivity contribution is 5.20. The molecule has 1 heterocycles. The molecule has 1 aromatic carbocycles. The van der Waals surface area contributed by atoms with Gasteiger partial charge in [-0.05, 0) is 12.1 Å². The van der Waals surface area contributed by atoms with E-state index in [1.807, 2.05) is 0 Å². The summed E-state index contributed by atoms with van der Waals surface area (Å²) in [7, 11) is 0. The highest BCUT2D eigenvalue weighted by Crippen LogP contribution is 2.40. The van der Waals surface area contributed by atoms with Crippen LogP contribution >= 0.6 is 0 Å². The maximum absolute atomic E-state index is 13.5. The van der Waals surface area contributed by atoms with Gasteiger partial charge in [0.2, 0.25) is 5.60 Å². The third-order valence-electron chi connectivity index (χ3n) is 3.25. The third-order valence-corrected chi connectivity index (χ3v) is 3.25. The van der Waals surface area contributed by atoms with E-state index in [-0.39, 0.29) is 5.56 Å². The minimum Gasteiger partial charge on any atom is -0.375 e. The van der Waals surface area contributed by atoms with Gasteiger partial charge in [0.25, 0.3) is 0 Å². The zero-order valence-electron chi connectivity index (χ0n) is 11.7. The van der Waals surface area contributed by atoms with Crippen molar-refractivity contribution < 1.29 is 27.1 Å². The highest BCUT2D eigenvalue weighted by Gasteiger charge is 2.56. The zero-order valence-corrected chi connectivity index (χ0v) is 11.7. The van der Waals surface area contributed by atoms with Crippen molar-refractivity contribution in [2.45, 2.75) is 24.7 Å². The Morgan fingerprint density at radius 2 is 1.83 bits per heavy atom. The van der Waals surface area contributed by atoms with Crippen LogP contribution in [0, 0.1) is 11.6 Å². The van der Waals surface area contributed by atoms with Crippen LogP contribution in [0.5, 0.6) is 0 Å². The summed E-state index contributed by atoms with van der Waals surface area (Å²) in [5.41, 5.74) is -4.41. The lowest BCUT2D eigenvalue weighted by atomic mass is 9.95. The van der Waals surface area contributed by atoms with Gasteiger partial charge < -0.3 is 5.11 Å². The van der Waals surface area contributed by atoms with Gasteiger partial charge in [0.1, 0.15) is 17.3 Å². The molecule has 0 amide bonds. The van der Waals surface area contributed by atoms with Crippen molar-refractivity contribution in [3.63, 3.8) is 0 Å². The van der Waals surface area contributed by atoms with Crippen molar-refractivity contribution in [3.05, 3.63) is 59.9 Å². The fourth-order valence-corrected chi connectivity index (χ4v) is 1.98. The van der Waals surface area contributed by atoms with E-state index in [0.717, 1.165) is 35.2 Å². The summed E-state index contributed by atoms with van der Waals surface area (Å²) in [6.45, 7) is 2.70. The summed E-state index contributed by atoms with van der Waals surface area (Å²) in [6.07, 6.45) is -4.15. The predicted octanol–water partition coefficient (Wildman–Crippen LogP) is 2.93. The Balaban J connectivity index is 2.35. The van der Waals surface area contributed by atoms with Crippen molar-refractivity contribution in [2.75, 3.05) is 0 Å². The van der Waals surface area contributed by atoms with Gasteiger partial charge >= 0.3 is 6.18 Å². The first kappa shape index (κ1) is 17.1. The van der Waals surface area contributed by atoms with E-state index in [2.05, 4.69) is 16.9 Å². The molecule has 0 saturated heterocycles. The highest BCUT2D eigenvalue weighted by atomic mass is 19.4. The van der Waals surface area contributed by atoms with E-state index in [1.54, 1.807) is 0 Å². The predicted molar refractivity (Wildman–Crippen MR) is 70.2 cm³/mol. The Bertz CT molecular complexity index is 692. The topological polar surface area (TPSA) is 50.9 Å². The molecule has 1 N–H and O–H groups in total. The van der Waals surface area contributed by atoms with Crippen molar-refractivity contribution >= 4 is 0 Å². The van der Waals surface area contributed by atoms with Crippen LogP contribution in [-0.4, -0.2) is 26.3 Å². The molecule has 2 rings (SSSR count). The standard InChI is InChI=1S/C14H12F5N3O/c1-2-6-13(23,14(17,18)19)12-8-22(21-20-12)7-9-10(15)4-3-5-11(9)16/h2-5,8,23H,1,6-7H2. The molecule has 9 heteroatoms. The molecule has 0 spiro atoms. The molecule has 0 radical (unpaired) electrons. The second-order valence-electron chi connectivity index (χ2n) is 4.85. The minimum atomic E-state index is -5.01. The summed E-state index contributed by atoms with van der Waals surface area (Å²) < 4.78 is 67.0. The van der Waals surface area contributed by atoms with Crippen LogP contribution in [0.3, 0.4) is 0 Å². The molecule has 4 nitrogen and oxygen atoms in total. The second-order valence-corrected chi connectivity index (χ2v) is 4.85. The number of alkyl halides is 3. The number of aromatic nitrogens is 3. The van der Waals surface area contributed by atoms with Gasteiger partial charge in [0.15, 0.2) is 0 Å². The van der Waals surface area contributed by atoms with E-state index >= 15 is 0 Å². The molecule has 124 valence electrons. The quantitative estimate of drug-likeness (QED) is 0.676. The molecule has 0 aliphatic heterocycles. The SMILES string of the molecule is C=CCC(O)(c1cn(Cc2c(F)cccc2F)nn1)C(F)(F)F. The number of benzene rings is 1. The number of hydrogen-bond acceptors (Lipinski definition) is 3. The maximum Gasteiger partial charge on any atom is 0.423 e. The third kappa shape index (κ3) is 3.24. The van der Waals surface area contributed by atoms with Gasteiger partial charge in [0.05, 0.1) is 12.7 Å². The molecule has 0 fully saturated rings. The molecule has 1 aromatic heterocycles. The lowest BCUT2D eigenvalue weighted by Crippen LogP contribution is -2.42. The minimum absolute atomic E-state index is 0.372. The molecule has 1 atom stereocenters. The van der Waals surface area contributed by atoms with Crippen LogP contribution < -0.4 is 0 Å².